The Labute approximate surface area is 138 Å². The molecule has 0 spiro atoms. The first-order valence-electron chi connectivity index (χ1n) is 8.21. The normalized spacial score (nSPS) is 15.1. The summed E-state index contributed by atoms with van der Waals surface area (Å²) in [6.45, 7) is 2.61. The van der Waals surface area contributed by atoms with Gasteiger partial charge in [0.2, 0.25) is 0 Å². The molecule has 4 heteroatoms. The molecule has 0 bridgehead atoms. The van der Waals surface area contributed by atoms with Crippen LogP contribution in [0.25, 0.3) is 0 Å². The zero-order valence-electron chi connectivity index (χ0n) is 14.2. The molecule has 1 aromatic rings. The van der Waals surface area contributed by atoms with Crippen molar-refractivity contribution in [3.8, 4) is 0 Å². The summed E-state index contributed by atoms with van der Waals surface area (Å²) in [4.78, 5) is 26.2. The second-order valence-electron chi connectivity index (χ2n) is 5.94. The van der Waals surface area contributed by atoms with E-state index < -0.39 is 0 Å². The van der Waals surface area contributed by atoms with Gasteiger partial charge in [0.25, 0.3) is 5.91 Å². The average molecular weight is 315 g/mol. The number of esters is 1. The molecular weight excluding hydrogens is 290 g/mol. The molecule has 1 amide bonds. The van der Waals surface area contributed by atoms with Crippen LogP contribution in [0, 0.1) is 0 Å². The van der Waals surface area contributed by atoms with Gasteiger partial charge in [-0.25, -0.2) is 4.79 Å². The van der Waals surface area contributed by atoms with E-state index in [1.54, 1.807) is 24.1 Å². The maximum absolute atomic E-state index is 12.7. The molecule has 0 N–H and O–H groups in total. The van der Waals surface area contributed by atoms with Gasteiger partial charge in [-0.2, -0.15) is 0 Å². The van der Waals surface area contributed by atoms with Gasteiger partial charge in [0.05, 0.1) is 12.7 Å². The van der Waals surface area contributed by atoms with E-state index in [1.165, 1.54) is 7.11 Å². The molecule has 0 aromatic heterocycles. The van der Waals surface area contributed by atoms with Crippen molar-refractivity contribution in [2.24, 2.45) is 0 Å². The number of rotatable bonds is 4. The van der Waals surface area contributed by atoms with Crippen molar-refractivity contribution in [1.82, 2.24) is 4.90 Å². The van der Waals surface area contributed by atoms with Crippen molar-refractivity contribution in [3.05, 3.63) is 47.0 Å². The van der Waals surface area contributed by atoms with E-state index in [1.807, 2.05) is 13.0 Å². The van der Waals surface area contributed by atoms with E-state index in [-0.39, 0.29) is 11.9 Å². The van der Waals surface area contributed by atoms with Crippen LogP contribution in [0.3, 0.4) is 0 Å². The molecule has 0 heterocycles. The van der Waals surface area contributed by atoms with Gasteiger partial charge in [-0.3, -0.25) is 4.79 Å². The number of carbonyl (C=O) groups is 2. The smallest absolute Gasteiger partial charge is 0.337 e. The monoisotopic (exact) mass is 315 g/mol. The summed E-state index contributed by atoms with van der Waals surface area (Å²) < 4.78 is 4.83. The molecule has 0 radical (unpaired) electrons. The van der Waals surface area contributed by atoms with Crippen LogP contribution in [0.1, 0.15) is 64.8 Å². The van der Waals surface area contributed by atoms with Crippen LogP contribution in [-0.2, 0) is 4.74 Å². The Bertz CT molecular complexity index is 597. The van der Waals surface area contributed by atoms with Crippen molar-refractivity contribution >= 4 is 11.9 Å². The van der Waals surface area contributed by atoms with Crippen molar-refractivity contribution in [1.29, 1.82) is 0 Å². The molecule has 124 valence electrons. The van der Waals surface area contributed by atoms with Gasteiger partial charge >= 0.3 is 5.97 Å². The fourth-order valence-corrected chi connectivity index (χ4v) is 2.98. The number of hydrogen-bond acceptors (Lipinski definition) is 3. The Kier molecular flexibility index (Phi) is 5.97. The van der Waals surface area contributed by atoms with Gasteiger partial charge in [-0.15, -0.1) is 0 Å². The molecule has 1 aliphatic rings. The molecule has 0 aliphatic heterocycles. The third-order valence-corrected chi connectivity index (χ3v) is 4.49. The molecular formula is C19H25NO3. The van der Waals surface area contributed by atoms with Crippen LogP contribution in [0.2, 0.25) is 0 Å². The van der Waals surface area contributed by atoms with Crippen molar-refractivity contribution < 1.29 is 14.3 Å². The maximum Gasteiger partial charge on any atom is 0.337 e. The first-order chi connectivity index (χ1) is 11.1. The SMILES string of the molecule is CCN(C)C(=O)c1ccc(C(=O)OC)cc1C1CCC=CCC1. The van der Waals surface area contributed by atoms with Crippen LogP contribution in [0.5, 0.6) is 0 Å². The summed E-state index contributed by atoms with van der Waals surface area (Å²) in [5.41, 5.74) is 2.19. The third-order valence-electron chi connectivity index (χ3n) is 4.49. The van der Waals surface area contributed by atoms with Crippen LogP contribution in [0.4, 0.5) is 0 Å². The summed E-state index contributed by atoms with van der Waals surface area (Å²) in [6, 6.07) is 5.30. The minimum Gasteiger partial charge on any atom is -0.465 e. The minimum atomic E-state index is -0.360. The van der Waals surface area contributed by atoms with E-state index in [0.717, 1.165) is 31.2 Å². The summed E-state index contributed by atoms with van der Waals surface area (Å²) in [5, 5.41) is 0. The molecule has 0 saturated heterocycles. The zero-order valence-corrected chi connectivity index (χ0v) is 14.2. The number of ether oxygens (including phenoxy) is 1. The summed E-state index contributed by atoms with van der Waals surface area (Å²) in [6.07, 6.45) is 8.40. The lowest BCUT2D eigenvalue weighted by Gasteiger charge is -2.22. The van der Waals surface area contributed by atoms with E-state index in [0.29, 0.717) is 23.6 Å². The van der Waals surface area contributed by atoms with Gasteiger partial charge in [-0.1, -0.05) is 12.2 Å². The van der Waals surface area contributed by atoms with E-state index in [9.17, 15) is 9.59 Å². The van der Waals surface area contributed by atoms with Gasteiger partial charge in [0.15, 0.2) is 0 Å². The highest BCUT2D eigenvalue weighted by molar-refractivity contribution is 5.98. The average Bonchev–Trinajstić information content (AvgIpc) is 2.88. The number of benzene rings is 1. The van der Waals surface area contributed by atoms with Gasteiger partial charge < -0.3 is 9.64 Å². The molecule has 1 aliphatic carbocycles. The highest BCUT2D eigenvalue weighted by atomic mass is 16.5. The molecule has 1 aromatic carbocycles. The number of methoxy groups -OCH3 is 1. The summed E-state index contributed by atoms with van der Waals surface area (Å²) >= 11 is 0. The number of amides is 1. The second-order valence-corrected chi connectivity index (χ2v) is 5.94. The third kappa shape index (κ3) is 4.01. The number of hydrogen-bond donors (Lipinski definition) is 0. The molecule has 4 nitrogen and oxygen atoms in total. The Hall–Kier alpha value is -2.10. The lowest BCUT2D eigenvalue weighted by atomic mass is 9.86. The van der Waals surface area contributed by atoms with E-state index >= 15 is 0 Å². The first-order valence-corrected chi connectivity index (χ1v) is 8.21. The molecule has 0 unspecified atom stereocenters. The topological polar surface area (TPSA) is 46.6 Å². The fourth-order valence-electron chi connectivity index (χ4n) is 2.98. The number of allylic oxidation sites excluding steroid dienone is 2. The standard InChI is InChI=1S/C19H25NO3/c1-4-20(2)18(21)16-12-11-15(19(22)23-3)13-17(16)14-9-7-5-6-8-10-14/h5-6,11-14H,4,7-10H2,1-3H3. The fraction of sp³-hybridized carbons (Fsp3) is 0.474. The number of carbonyl (C=O) groups excluding carboxylic acids is 2. The zero-order chi connectivity index (χ0) is 16.8. The quantitative estimate of drug-likeness (QED) is 0.627. The van der Waals surface area contributed by atoms with Crippen LogP contribution in [0.15, 0.2) is 30.4 Å². The highest BCUT2D eigenvalue weighted by Crippen LogP contribution is 2.32. The van der Waals surface area contributed by atoms with Crippen LogP contribution >= 0.6 is 0 Å². The molecule has 2 rings (SSSR count). The largest absolute Gasteiger partial charge is 0.465 e. The van der Waals surface area contributed by atoms with Gasteiger partial charge in [-0.05, 0) is 62.3 Å². The summed E-state index contributed by atoms with van der Waals surface area (Å²) in [7, 11) is 3.18. The van der Waals surface area contributed by atoms with E-state index in [4.69, 9.17) is 4.74 Å². The predicted octanol–water partition coefficient (Wildman–Crippen LogP) is 3.78. The lowest BCUT2D eigenvalue weighted by Crippen LogP contribution is -2.27. The van der Waals surface area contributed by atoms with Crippen molar-refractivity contribution in [3.63, 3.8) is 0 Å². The molecule has 0 saturated carbocycles. The summed E-state index contributed by atoms with van der Waals surface area (Å²) in [5.74, 6) is -0.0595. The molecule has 23 heavy (non-hydrogen) atoms. The van der Waals surface area contributed by atoms with Gasteiger partial charge in [0, 0.05) is 19.2 Å². The maximum atomic E-state index is 12.7. The van der Waals surface area contributed by atoms with Crippen molar-refractivity contribution in [2.75, 3.05) is 20.7 Å². The molecule has 0 atom stereocenters. The molecule has 0 fully saturated rings. The highest BCUT2D eigenvalue weighted by Gasteiger charge is 2.23. The Morgan fingerprint density at radius 3 is 2.43 bits per heavy atom. The predicted molar refractivity (Wildman–Crippen MR) is 90.8 cm³/mol. The minimum absolute atomic E-state index is 0.0103. The Morgan fingerprint density at radius 1 is 1.22 bits per heavy atom. The van der Waals surface area contributed by atoms with Crippen molar-refractivity contribution in [2.45, 2.75) is 38.5 Å². The van der Waals surface area contributed by atoms with Crippen LogP contribution in [-0.4, -0.2) is 37.5 Å². The first kappa shape index (κ1) is 17.3. The van der Waals surface area contributed by atoms with Crippen LogP contribution < -0.4 is 0 Å². The van der Waals surface area contributed by atoms with E-state index in [2.05, 4.69) is 12.2 Å². The Balaban J connectivity index is 2.44. The Morgan fingerprint density at radius 2 is 1.87 bits per heavy atom. The number of nitrogens with zero attached hydrogens (tertiary/aromatic N) is 1. The van der Waals surface area contributed by atoms with Gasteiger partial charge in [0.1, 0.15) is 0 Å². The second kappa shape index (κ2) is 7.95. The lowest BCUT2D eigenvalue weighted by molar-refractivity contribution is 0.0599.